The number of hydrogen-bond acceptors (Lipinski definition) is 3. The molecular formula is C21H21F3N4OS. The highest BCUT2D eigenvalue weighted by molar-refractivity contribution is 7.80. The van der Waals surface area contributed by atoms with Crippen molar-refractivity contribution in [3.8, 4) is 5.75 Å². The van der Waals surface area contributed by atoms with E-state index in [-0.39, 0.29) is 6.54 Å². The maximum Gasteiger partial charge on any atom is 0.416 e. The zero-order valence-corrected chi connectivity index (χ0v) is 17.3. The van der Waals surface area contributed by atoms with Gasteiger partial charge < -0.3 is 15.4 Å². The minimum Gasteiger partial charge on any atom is -0.492 e. The van der Waals surface area contributed by atoms with E-state index in [9.17, 15) is 13.2 Å². The molecule has 3 rings (SSSR count). The van der Waals surface area contributed by atoms with Crippen LogP contribution in [0.5, 0.6) is 5.75 Å². The van der Waals surface area contributed by atoms with Crippen LogP contribution in [-0.4, -0.2) is 21.5 Å². The molecule has 1 heterocycles. The Kier molecular flexibility index (Phi) is 6.61. The van der Waals surface area contributed by atoms with E-state index in [1.807, 2.05) is 38.1 Å². The molecule has 5 nitrogen and oxygen atoms in total. The number of para-hydroxylation sites is 2. The van der Waals surface area contributed by atoms with Gasteiger partial charge >= 0.3 is 6.18 Å². The number of benzene rings is 2. The molecule has 0 atom stereocenters. The molecule has 0 aliphatic rings. The maximum atomic E-state index is 12.9. The lowest BCUT2D eigenvalue weighted by atomic mass is 10.1. The molecule has 2 aromatic carbocycles. The average molecular weight is 434 g/mol. The maximum absolute atomic E-state index is 12.9. The van der Waals surface area contributed by atoms with E-state index < -0.39 is 11.7 Å². The predicted octanol–water partition coefficient (Wildman–Crippen LogP) is 5.47. The molecule has 0 fully saturated rings. The molecule has 0 saturated carbocycles. The van der Waals surface area contributed by atoms with E-state index in [0.29, 0.717) is 28.9 Å². The molecule has 158 valence electrons. The molecule has 0 radical (unpaired) electrons. The summed E-state index contributed by atoms with van der Waals surface area (Å²) in [6.45, 7) is 4.46. The van der Waals surface area contributed by atoms with Crippen molar-refractivity contribution < 1.29 is 17.9 Å². The summed E-state index contributed by atoms with van der Waals surface area (Å²) < 4.78 is 46.0. The molecule has 3 aromatic rings. The quantitative estimate of drug-likeness (QED) is 0.504. The topological polar surface area (TPSA) is 51.1 Å². The van der Waals surface area contributed by atoms with Crippen LogP contribution >= 0.6 is 12.2 Å². The smallest absolute Gasteiger partial charge is 0.416 e. The van der Waals surface area contributed by atoms with Gasteiger partial charge in [-0.3, -0.25) is 4.68 Å². The van der Waals surface area contributed by atoms with Gasteiger partial charge in [0.15, 0.2) is 10.9 Å². The minimum atomic E-state index is -4.38. The molecule has 0 spiro atoms. The fraction of sp³-hybridized carbons (Fsp3) is 0.238. The second-order valence-electron chi connectivity index (χ2n) is 6.54. The highest BCUT2D eigenvalue weighted by Crippen LogP contribution is 2.30. The first kappa shape index (κ1) is 21.6. The van der Waals surface area contributed by atoms with Gasteiger partial charge in [0.2, 0.25) is 0 Å². The average Bonchev–Trinajstić information content (AvgIpc) is 3.01. The zero-order chi connectivity index (χ0) is 21.7. The summed E-state index contributed by atoms with van der Waals surface area (Å²) in [5.41, 5.74) is 1.33. The van der Waals surface area contributed by atoms with Crippen molar-refractivity contribution in [3.05, 3.63) is 71.4 Å². The molecule has 30 heavy (non-hydrogen) atoms. The Bertz CT molecular complexity index is 1030. The molecule has 0 saturated heterocycles. The molecule has 1 aromatic heterocycles. The number of aromatic nitrogens is 2. The number of alkyl halides is 3. The van der Waals surface area contributed by atoms with Crippen molar-refractivity contribution >= 4 is 28.8 Å². The number of nitrogens with one attached hydrogen (secondary N) is 2. The van der Waals surface area contributed by atoms with Crippen LogP contribution in [0.15, 0.2) is 54.6 Å². The molecule has 9 heteroatoms. The highest BCUT2D eigenvalue weighted by atomic mass is 32.1. The summed E-state index contributed by atoms with van der Waals surface area (Å²) in [6, 6.07) is 14.4. The van der Waals surface area contributed by atoms with E-state index >= 15 is 0 Å². The number of rotatable bonds is 6. The number of hydrogen-bond donors (Lipinski definition) is 2. The van der Waals surface area contributed by atoms with Gasteiger partial charge in [-0.2, -0.15) is 18.3 Å². The predicted molar refractivity (Wildman–Crippen MR) is 115 cm³/mol. The van der Waals surface area contributed by atoms with Gasteiger partial charge in [0.1, 0.15) is 5.75 Å². The van der Waals surface area contributed by atoms with Crippen molar-refractivity contribution in [1.29, 1.82) is 0 Å². The normalized spacial score (nSPS) is 11.2. The largest absolute Gasteiger partial charge is 0.492 e. The molecular weight excluding hydrogens is 413 g/mol. The van der Waals surface area contributed by atoms with Crippen molar-refractivity contribution in [2.24, 2.45) is 0 Å². The molecule has 0 bridgehead atoms. The number of aryl methyl sites for hydroxylation is 1. The summed E-state index contributed by atoms with van der Waals surface area (Å²) in [5.74, 6) is 1.17. The Labute approximate surface area is 177 Å². The monoisotopic (exact) mass is 434 g/mol. The van der Waals surface area contributed by atoms with Crippen LogP contribution in [0.1, 0.15) is 23.7 Å². The van der Waals surface area contributed by atoms with Crippen LogP contribution in [0.25, 0.3) is 0 Å². The van der Waals surface area contributed by atoms with Gasteiger partial charge in [0.05, 0.1) is 24.4 Å². The van der Waals surface area contributed by atoms with Crippen molar-refractivity contribution in [1.82, 2.24) is 9.78 Å². The first-order valence-electron chi connectivity index (χ1n) is 9.26. The van der Waals surface area contributed by atoms with E-state index in [4.69, 9.17) is 17.0 Å². The molecule has 0 amide bonds. The fourth-order valence-electron chi connectivity index (χ4n) is 2.87. The Morgan fingerprint density at radius 3 is 2.60 bits per heavy atom. The summed E-state index contributed by atoms with van der Waals surface area (Å²) in [5, 5.41) is 10.8. The zero-order valence-electron chi connectivity index (χ0n) is 16.5. The van der Waals surface area contributed by atoms with Crippen LogP contribution in [0, 0.1) is 6.92 Å². The van der Waals surface area contributed by atoms with E-state index in [2.05, 4.69) is 15.7 Å². The van der Waals surface area contributed by atoms with Crippen LogP contribution < -0.4 is 15.4 Å². The third-order valence-corrected chi connectivity index (χ3v) is 4.45. The van der Waals surface area contributed by atoms with E-state index in [1.165, 1.54) is 6.07 Å². The summed E-state index contributed by atoms with van der Waals surface area (Å²) in [6.07, 6.45) is -4.38. The van der Waals surface area contributed by atoms with Crippen LogP contribution in [-0.2, 0) is 12.7 Å². The minimum absolute atomic E-state index is 0.213. The van der Waals surface area contributed by atoms with Crippen molar-refractivity contribution in [2.75, 3.05) is 17.2 Å². The van der Waals surface area contributed by atoms with Crippen molar-refractivity contribution in [3.63, 3.8) is 0 Å². The third-order valence-electron chi connectivity index (χ3n) is 4.24. The van der Waals surface area contributed by atoms with Gasteiger partial charge in [-0.1, -0.05) is 24.3 Å². The van der Waals surface area contributed by atoms with Crippen LogP contribution in [0.3, 0.4) is 0 Å². The Balaban J connectivity index is 1.69. The highest BCUT2D eigenvalue weighted by Gasteiger charge is 2.30. The fourth-order valence-corrected chi connectivity index (χ4v) is 3.09. The first-order chi connectivity index (χ1) is 14.3. The second kappa shape index (κ2) is 9.17. The summed E-state index contributed by atoms with van der Waals surface area (Å²) in [7, 11) is 0. The van der Waals surface area contributed by atoms with Crippen LogP contribution in [0.2, 0.25) is 0 Å². The molecule has 2 N–H and O–H groups in total. The lowest BCUT2D eigenvalue weighted by Crippen LogP contribution is -2.20. The summed E-state index contributed by atoms with van der Waals surface area (Å²) >= 11 is 5.35. The number of thiocarbonyl (C=S) groups is 1. The molecule has 0 unspecified atom stereocenters. The van der Waals surface area contributed by atoms with Gasteiger partial charge in [0.25, 0.3) is 0 Å². The summed E-state index contributed by atoms with van der Waals surface area (Å²) in [4.78, 5) is 0. The van der Waals surface area contributed by atoms with E-state index in [1.54, 1.807) is 16.8 Å². The number of halogens is 3. The Morgan fingerprint density at radius 1 is 1.10 bits per heavy atom. The Hall–Kier alpha value is -3.07. The van der Waals surface area contributed by atoms with E-state index in [0.717, 1.165) is 23.5 Å². The Morgan fingerprint density at radius 2 is 1.87 bits per heavy atom. The third kappa shape index (κ3) is 5.50. The lowest BCUT2D eigenvalue weighted by molar-refractivity contribution is -0.137. The van der Waals surface area contributed by atoms with Gasteiger partial charge in [-0.05, 0) is 55.9 Å². The first-order valence-corrected chi connectivity index (χ1v) is 9.67. The van der Waals surface area contributed by atoms with Gasteiger partial charge in [0, 0.05) is 11.8 Å². The molecule has 0 aliphatic carbocycles. The second-order valence-corrected chi connectivity index (χ2v) is 6.94. The number of nitrogens with zero attached hydrogens (tertiary/aromatic N) is 2. The van der Waals surface area contributed by atoms with Gasteiger partial charge in [-0.25, -0.2) is 0 Å². The number of anilines is 2. The number of ether oxygens (including phenoxy) is 1. The lowest BCUT2D eigenvalue weighted by Gasteiger charge is -2.13. The van der Waals surface area contributed by atoms with Crippen molar-refractivity contribution in [2.45, 2.75) is 26.6 Å². The van der Waals surface area contributed by atoms with Crippen LogP contribution in [0.4, 0.5) is 24.7 Å². The SMILES string of the molecule is CCOc1ccccc1NC(=S)Nc1cc(C)n(Cc2cccc(C(F)(F)F)c2)n1. The molecule has 0 aliphatic heterocycles. The van der Waals surface area contributed by atoms with Gasteiger partial charge in [-0.15, -0.1) is 0 Å². The standard InChI is InChI=1S/C21H21F3N4OS/c1-3-29-18-10-5-4-9-17(18)25-20(30)26-19-11-14(2)28(27-19)13-15-7-6-8-16(12-15)21(22,23)24/h4-12H,3,13H2,1-2H3,(H2,25,26,27,30).